The van der Waals surface area contributed by atoms with Gasteiger partial charge in [0, 0.05) is 18.4 Å². The van der Waals surface area contributed by atoms with Crippen LogP contribution in [-0.4, -0.2) is 7.05 Å². The van der Waals surface area contributed by atoms with E-state index in [-0.39, 0.29) is 0 Å². The van der Waals surface area contributed by atoms with Crippen LogP contribution in [0, 0.1) is 11.8 Å². The van der Waals surface area contributed by atoms with Crippen molar-refractivity contribution in [1.82, 2.24) is 5.32 Å². The molecule has 2 atom stereocenters. The summed E-state index contributed by atoms with van der Waals surface area (Å²) in [5.41, 5.74) is 8.16. The molecule has 0 radical (unpaired) electrons. The van der Waals surface area contributed by atoms with Crippen LogP contribution in [0.1, 0.15) is 26.7 Å². The van der Waals surface area contributed by atoms with Gasteiger partial charge < -0.3 is 11.1 Å². The van der Waals surface area contributed by atoms with Crippen LogP contribution in [-0.2, 0) is 0 Å². The lowest BCUT2D eigenvalue weighted by atomic mass is 9.83. The number of rotatable bonds is 1. The van der Waals surface area contributed by atoms with E-state index in [9.17, 15) is 0 Å². The van der Waals surface area contributed by atoms with Crippen molar-refractivity contribution >= 4 is 0 Å². The Labute approximate surface area is 68.9 Å². The van der Waals surface area contributed by atoms with Crippen molar-refractivity contribution in [3.63, 3.8) is 0 Å². The third kappa shape index (κ3) is 1.67. The summed E-state index contributed by atoms with van der Waals surface area (Å²) in [5.74, 6) is 1.51. The largest absolute Gasteiger partial charge is 0.401 e. The van der Waals surface area contributed by atoms with Crippen LogP contribution in [0.4, 0.5) is 0 Å². The van der Waals surface area contributed by atoms with E-state index in [1.165, 1.54) is 5.70 Å². The van der Waals surface area contributed by atoms with Gasteiger partial charge in [-0.15, -0.1) is 0 Å². The van der Waals surface area contributed by atoms with E-state index in [1.807, 2.05) is 7.05 Å². The summed E-state index contributed by atoms with van der Waals surface area (Å²) in [6, 6.07) is 0. The lowest BCUT2D eigenvalue weighted by molar-refractivity contribution is 0.349. The van der Waals surface area contributed by atoms with Gasteiger partial charge in [0.2, 0.25) is 0 Å². The Hall–Kier alpha value is -0.660. The third-order valence-corrected chi connectivity index (χ3v) is 2.73. The molecule has 0 aromatic rings. The molecule has 0 saturated heterocycles. The summed E-state index contributed by atoms with van der Waals surface area (Å²) in [6.45, 7) is 4.55. The van der Waals surface area contributed by atoms with Gasteiger partial charge in [0.25, 0.3) is 0 Å². The van der Waals surface area contributed by atoms with Crippen LogP contribution in [0.5, 0.6) is 0 Å². The minimum atomic E-state index is 0.743. The summed E-state index contributed by atoms with van der Waals surface area (Å²) in [5, 5.41) is 3.16. The highest BCUT2D eigenvalue weighted by molar-refractivity contribution is 5.13. The zero-order valence-corrected chi connectivity index (χ0v) is 7.65. The third-order valence-electron chi connectivity index (χ3n) is 2.73. The predicted molar refractivity (Wildman–Crippen MR) is 47.8 cm³/mol. The van der Waals surface area contributed by atoms with Gasteiger partial charge in [0.1, 0.15) is 0 Å². The molecule has 2 nitrogen and oxygen atoms in total. The van der Waals surface area contributed by atoms with E-state index in [0.717, 1.165) is 30.4 Å². The Morgan fingerprint density at radius 3 is 2.36 bits per heavy atom. The fourth-order valence-electron chi connectivity index (χ4n) is 1.59. The highest BCUT2D eigenvalue weighted by Gasteiger charge is 2.21. The summed E-state index contributed by atoms with van der Waals surface area (Å²) in [7, 11) is 1.95. The van der Waals surface area contributed by atoms with Crippen molar-refractivity contribution < 1.29 is 0 Å². The van der Waals surface area contributed by atoms with Crippen molar-refractivity contribution in [3.8, 4) is 0 Å². The van der Waals surface area contributed by atoms with Crippen LogP contribution in [0.15, 0.2) is 11.4 Å². The number of nitrogens with two attached hydrogens (primary N) is 1. The molecule has 0 heterocycles. The Balaban J connectivity index is 2.70. The second-order valence-electron chi connectivity index (χ2n) is 3.62. The average Bonchev–Trinajstić information content (AvgIpc) is 1.97. The molecule has 2 heteroatoms. The molecule has 3 N–H and O–H groups in total. The Morgan fingerprint density at radius 2 is 1.82 bits per heavy atom. The minimum Gasteiger partial charge on any atom is -0.401 e. The van der Waals surface area contributed by atoms with Crippen molar-refractivity contribution in [2.45, 2.75) is 26.7 Å². The Bertz CT molecular complexity index is 172. The first kappa shape index (κ1) is 8.44. The zero-order valence-electron chi connectivity index (χ0n) is 7.65. The van der Waals surface area contributed by atoms with Gasteiger partial charge in [0.15, 0.2) is 0 Å². The van der Waals surface area contributed by atoms with Gasteiger partial charge in [-0.25, -0.2) is 0 Å². The minimum absolute atomic E-state index is 0.743. The molecule has 0 aliphatic heterocycles. The average molecular weight is 154 g/mol. The quantitative estimate of drug-likeness (QED) is 0.600. The molecular formula is C9H18N2. The van der Waals surface area contributed by atoms with Crippen LogP contribution in [0.3, 0.4) is 0 Å². The number of nitrogens with one attached hydrogen (secondary N) is 1. The summed E-state index contributed by atoms with van der Waals surface area (Å²) in [4.78, 5) is 0. The maximum absolute atomic E-state index is 5.86. The second kappa shape index (κ2) is 3.16. The molecule has 0 fully saturated rings. The van der Waals surface area contributed by atoms with E-state index in [1.54, 1.807) is 0 Å². The summed E-state index contributed by atoms with van der Waals surface area (Å²) in [6.07, 6.45) is 2.17. The van der Waals surface area contributed by atoms with E-state index in [2.05, 4.69) is 19.2 Å². The van der Waals surface area contributed by atoms with Gasteiger partial charge in [-0.3, -0.25) is 0 Å². The number of allylic oxidation sites excluding steroid dienone is 2. The van der Waals surface area contributed by atoms with Crippen molar-refractivity contribution in [3.05, 3.63) is 11.4 Å². The van der Waals surface area contributed by atoms with Gasteiger partial charge in [-0.1, -0.05) is 13.8 Å². The van der Waals surface area contributed by atoms with Crippen molar-refractivity contribution in [1.29, 1.82) is 0 Å². The number of hydrogen-bond acceptors (Lipinski definition) is 2. The van der Waals surface area contributed by atoms with E-state index < -0.39 is 0 Å². The first-order chi connectivity index (χ1) is 5.15. The van der Waals surface area contributed by atoms with Gasteiger partial charge in [0.05, 0.1) is 0 Å². The smallest absolute Gasteiger partial charge is 0.0297 e. The Morgan fingerprint density at radius 1 is 1.27 bits per heavy atom. The van der Waals surface area contributed by atoms with Crippen LogP contribution < -0.4 is 11.1 Å². The lowest BCUT2D eigenvalue weighted by Crippen LogP contribution is -2.26. The highest BCUT2D eigenvalue weighted by Crippen LogP contribution is 2.29. The summed E-state index contributed by atoms with van der Waals surface area (Å²) >= 11 is 0. The molecule has 0 amide bonds. The van der Waals surface area contributed by atoms with Crippen LogP contribution in [0.2, 0.25) is 0 Å². The molecule has 1 aliphatic carbocycles. The second-order valence-corrected chi connectivity index (χ2v) is 3.62. The maximum Gasteiger partial charge on any atom is 0.0297 e. The normalized spacial score (nSPS) is 32.3. The fourth-order valence-corrected chi connectivity index (χ4v) is 1.59. The van der Waals surface area contributed by atoms with Gasteiger partial charge in [-0.05, 0) is 24.7 Å². The molecule has 1 rings (SSSR count). The zero-order chi connectivity index (χ0) is 8.43. The SMILES string of the molecule is CNC1=C(N)CC(C)C(C)C1. The highest BCUT2D eigenvalue weighted by atomic mass is 14.9. The molecule has 0 spiro atoms. The number of hydrogen-bond donors (Lipinski definition) is 2. The molecule has 0 saturated carbocycles. The lowest BCUT2D eigenvalue weighted by Gasteiger charge is -2.28. The molecule has 0 aromatic carbocycles. The fraction of sp³-hybridized carbons (Fsp3) is 0.778. The Kier molecular flexibility index (Phi) is 2.42. The van der Waals surface area contributed by atoms with E-state index in [4.69, 9.17) is 5.73 Å². The molecule has 1 aliphatic rings. The molecule has 0 aromatic heterocycles. The maximum atomic E-state index is 5.86. The van der Waals surface area contributed by atoms with E-state index >= 15 is 0 Å². The molecule has 11 heavy (non-hydrogen) atoms. The van der Waals surface area contributed by atoms with Crippen molar-refractivity contribution in [2.24, 2.45) is 17.6 Å². The van der Waals surface area contributed by atoms with Crippen LogP contribution in [0.25, 0.3) is 0 Å². The topological polar surface area (TPSA) is 38.0 Å². The first-order valence-corrected chi connectivity index (χ1v) is 4.30. The predicted octanol–water partition coefficient (Wildman–Crippen LogP) is 1.44. The van der Waals surface area contributed by atoms with Crippen molar-refractivity contribution in [2.75, 3.05) is 7.05 Å². The van der Waals surface area contributed by atoms with Gasteiger partial charge >= 0.3 is 0 Å². The molecule has 2 unspecified atom stereocenters. The first-order valence-electron chi connectivity index (χ1n) is 4.30. The van der Waals surface area contributed by atoms with E-state index in [0.29, 0.717) is 0 Å². The van der Waals surface area contributed by atoms with Gasteiger partial charge in [-0.2, -0.15) is 0 Å². The molecule has 64 valence electrons. The monoisotopic (exact) mass is 154 g/mol. The molecule has 0 bridgehead atoms. The molecular weight excluding hydrogens is 136 g/mol. The van der Waals surface area contributed by atoms with Crippen LogP contribution >= 0.6 is 0 Å². The standard InChI is InChI=1S/C9H18N2/c1-6-4-8(10)9(11-3)5-7(6)2/h6-7,11H,4-5,10H2,1-3H3. The summed E-state index contributed by atoms with van der Waals surface area (Å²) < 4.78 is 0.